The Morgan fingerprint density at radius 2 is 2.04 bits per heavy atom. The van der Waals surface area contributed by atoms with Crippen molar-refractivity contribution in [3.05, 3.63) is 54.9 Å². The quantitative estimate of drug-likeness (QED) is 0.719. The van der Waals surface area contributed by atoms with Crippen molar-refractivity contribution in [2.45, 2.75) is 6.54 Å². The SMILES string of the molecule is C=CCn1cc(-c2cc(-c3ccc4c(c3)OCCO4)nc(N)c2C#N)cn1. The zero-order chi connectivity index (χ0) is 18.8. The number of nitrogens with zero attached hydrogens (tertiary/aromatic N) is 4. The third-order valence-electron chi connectivity index (χ3n) is 4.26. The van der Waals surface area contributed by atoms with E-state index in [0.29, 0.717) is 48.1 Å². The van der Waals surface area contributed by atoms with Gasteiger partial charge in [0, 0.05) is 22.9 Å². The summed E-state index contributed by atoms with van der Waals surface area (Å²) in [6, 6.07) is 9.60. The van der Waals surface area contributed by atoms with Gasteiger partial charge in [-0.15, -0.1) is 6.58 Å². The number of anilines is 1. The van der Waals surface area contributed by atoms with Gasteiger partial charge in [0.25, 0.3) is 0 Å². The van der Waals surface area contributed by atoms with Crippen LogP contribution in [0.2, 0.25) is 0 Å². The van der Waals surface area contributed by atoms with Crippen molar-refractivity contribution in [1.29, 1.82) is 5.26 Å². The standard InChI is InChI=1S/C20H17N5O2/c1-2-5-25-12-14(11-23-25)15-9-17(24-20(22)16(15)10-21)13-3-4-18-19(8-13)27-7-6-26-18/h2-4,8-9,11-12H,1,5-7H2,(H2,22,24). The largest absolute Gasteiger partial charge is 0.486 e. The summed E-state index contributed by atoms with van der Waals surface area (Å²) in [6.07, 6.45) is 5.31. The summed E-state index contributed by atoms with van der Waals surface area (Å²) in [5.74, 6) is 1.55. The fourth-order valence-electron chi connectivity index (χ4n) is 3.00. The van der Waals surface area contributed by atoms with Crippen LogP contribution in [0.25, 0.3) is 22.4 Å². The number of benzene rings is 1. The second kappa shape index (κ2) is 6.84. The second-order valence-corrected chi connectivity index (χ2v) is 6.03. The second-order valence-electron chi connectivity index (χ2n) is 6.03. The molecule has 2 N–H and O–H groups in total. The van der Waals surface area contributed by atoms with E-state index in [1.165, 1.54) is 0 Å². The van der Waals surface area contributed by atoms with E-state index in [1.807, 2.05) is 30.5 Å². The maximum absolute atomic E-state index is 9.54. The molecule has 0 atom stereocenters. The lowest BCUT2D eigenvalue weighted by Crippen LogP contribution is -2.15. The van der Waals surface area contributed by atoms with Crippen LogP contribution in [0.15, 0.2) is 49.3 Å². The molecule has 134 valence electrons. The molecule has 7 nitrogen and oxygen atoms in total. The molecule has 0 saturated carbocycles. The van der Waals surface area contributed by atoms with Gasteiger partial charge in [-0.25, -0.2) is 4.98 Å². The Bertz CT molecular complexity index is 1060. The third kappa shape index (κ3) is 3.09. The number of pyridine rings is 1. The van der Waals surface area contributed by atoms with Crippen molar-refractivity contribution in [3.63, 3.8) is 0 Å². The molecule has 1 aromatic carbocycles. The minimum atomic E-state index is 0.177. The highest BCUT2D eigenvalue weighted by atomic mass is 16.6. The van der Waals surface area contributed by atoms with E-state index in [0.717, 1.165) is 11.1 Å². The van der Waals surface area contributed by atoms with Crippen molar-refractivity contribution in [1.82, 2.24) is 14.8 Å². The lowest BCUT2D eigenvalue weighted by Gasteiger charge is -2.19. The van der Waals surface area contributed by atoms with Crippen molar-refractivity contribution in [2.24, 2.45) is 0 Å². The summed E-state index contributed by atoms with van der Waals surface area (Å²) in [7, 11) is 0. The maximum atomic E-state index is 9.54. The van der Waals surface area contributed by atoms with Crippen LogP contribution >= 0.6 is 0 Å². The van der Waals surface area contributed by atoms with Crippen molar-refractivity contribution in [3.8, 4) is 40.0 Å². The first-order valence-electron chi connectivity index (χ1n) is 8.44. The molecule has 1 aliphatic rings. The molecule has 0 saturated heterocycles. The number of hydrogen-bond acceptors (Lipinski definition) is 6. The molecule has 1 aliphatic heterocycles. The van der Waals surface area contributed by atoms with Gasteiger partial charge < -0.3 is 15.2 Å². The fourth-order valence-corrected chi connectivity index (χ4v) is 3.00. The van der Waals surface area contributed by atoms with Crippen LogP contribution in [0.4, 0.5) is 5.82 Å². The van der Waals surface area contributed by atoms with Gasteiger partial charge in [0.15, 0.2) is 11.5 Å². The molecule has 0 radical (unpaired) electrons. The number of ether oxygens (including phenoxy) is 2. The summed E-state index contributed by atoms with van der Waals surface area (Å²) in [4.78, 5) is 4.41. The summed E-state index contributed by atoms with van der Waals surface area (Å²) < 4.78 is 12.9. The Balaban J connectivity index is 1.82. The Morgan fingerprint density at radius 3 is 2.81 bits per heavy atom. The Morgan fingerprint density at radius 1 is 1.22 bits per heavy atom. The minimum absolute atomic E-state index is 0.177. The lowest BCUT2D eigenvalue weighted by molar-refractivity contribution is 0.171. The fraction of sp³-hybridized carbons (Fsp3) is 0.150. The number of nitrogen functional groups attached to an aromatic ring is 1. The van der Waals surface area contributed by atoms with E-state index in [1.54, 1.807) is 17.0 Å². The van der Waals surface area contributed by atoms with Crippen LogP contribution < -0.4 is 15.2 Å². The van der Waals surface area contributed by atoms with Crippen LogP contribution in [-0.2, 0) is 6.54 Å². The molecule has 3 heterocycles. The van der Waals surface area contributed by atoms with E-state index in [4.69, 9.17) is 15.2 Å². The van der Waals surface area contributed by atoms with E-state index in [-0.39, 0.29) is 5.82 Å². The van der Waals surface area contributed by atoms with Gasteiger partial charge in [0.05, 0.1) is 18.4 Å². The average molecular weight is 359 g/mol. The van der Waals surface area contributed by atoms with Gasteiger partial charge in [-0.05, 0) is 24.3 Å². The number of nitriles is 1. The summed E-state index contributed by atoms with van der Waals surface area (Å²) in [5.41, 5.74) is 9.36. The highest BCUT2D eigenvalue weighted by Crippen LogP contribution is 2.36. The predicted molar refractivity (Wildman–Crippen MR) is 101 cm³/mol. The van der Waals surface area contributed by atoms with Gasteiger partial charge in [0.1, 0.15) is 30.7 Å². The smallest absolute Gasteiger partial charge is 0.162 e. The monoisotopic (exact) mass is 359 g/mol. The number of nitrogens with two attached hydrogens (primary N) is 1. The number of fused-ring (bicyclic) bond motifs is 1. The zero-order valence-corrected chi connectivity index (χ0v) is 14.6. The molecule has 0 fully saturated rings. The van der Waals surface area contributed by atoms with Crippen LogP contribution in [-0.4, -0.2) is 28.0 Å². The molecular weight excluding hydrogens is 342 g/mol. The first-order chi connectivity index (χ1) is 13.2. The van der Waals surface area contributed by atoms with E-state index in [9.17, 15) is 5.26 Å². The molecule has 0 aliphatic carbocycles. The number of allylic oxidation sites excluding steroid dienone is 1. The summed E-state index contributed by atoms with van der Waals surface area (Å²) >= 11 is 0. The Kier molecular flexibility index (Phi) is 4.22. The van der Waals surface area contributed by atoms with Gasteiger partial charge in [-0.3, -0.25) is 4.68 Å². The average Bonchev–Trinajstić information content (AvgIpc) is 3.16. The van der Waals surface area contributed by atoms with Crippen molar-refractivity contribution < 1.29 is 9.47 Å². The first-order valence-corrected chi connectivity index (χ1v) is 8.44. The Hall–Kier alpha value is -3.79. The maximum Gasteiger partial charge on any atom is 0.162 e. The third-order valence-corrected chi connectivity index (χ3v) is 4.26. The molecule has 0 spiro atoms. The molecule has 0 amide bonds. The first kappa shape index (κ1) is 16.7. The molecule has 27 heavy (non-hydrogen) atoms. The van der Waals surface area contributed by atoms with Gasteiger partial charge in [0.2, 0.25) is 0 Å². The highest BCUT2D eigenvalue weighted by Gasteiger charge is 2.17. The molecule has 7 heteroatoms. The van der Waals surface area contributed by atoms with Gasteiger partial charge >= 0.3 is 0 Å². The topological polar surface area (TPSA) is 99.0 Å². The Labute approximate surface area is 156 Å². The van der Waals surface area contributed by atoms with Crippen LogP contribution in [0.1, 0.15) is 5.56 Å². The number of rotatable bonds is 4. The van der Waals surface area contributed by atoms with E-state index >= 15 is 0 Å². The predicted octanol–water partition coefficient (Wildman–Crippen LogP) is 3.02. The minimum Gasteiger partial charge on any atom is -0.486 e. The zero-order valence-electron chi connectivity index (χ0n) is 14.6. The number of aromatic nitrogens is 3. The molecule has 0 unspecified atom stereocenters. The molecular formula is C20H17N5O2. The van der Waals surface area contributed by atoms with Gasteiger partial charge in [-0.1, -0.05) is 6.08 Å². The summed E-state index contributed by atoms with van der Waals surface area (Å²) in [5, 5.41) is 13.8. The lowest BCUT2D eigenvalue weighted by atomic mass is 10.0. The number of hydrogen-bond donors (Lipinski definition) is 1. The van der Waals surface area contributed by atoms with Crippen LogP contribution in [0, 0.1) is 11.3 Å². The highest BCUT2D eigenvalue weighted by molar-refractivity contribution is 5.80. The molecule has 2 aromatic heterocycles. The summed E-state index contributed by atoms with van der Waals surface area (Å²) in [6.45, 7) is 5.33. The van der Waals surface area contributed by atoms with Crippen LogP contribution in [0.5, 0.6) is 11.5 Å². The van der Waals surface area contributed by atoms with Crippen molar-refractivity contribution >= 4 is 5.82 Å². The van der Waals surface area contributed by atoms with E-state index < -0.39 is 0 Å². The molecule has 3 aromatic rings. The van der Waals surface area contributed by atoms with E-state index in [2.05, 4.69) is 22.7 Å². The van der Waals surface area contributed by atoms with Crippen molar-refractivity contribution in [2.75, 3.05) is 18.9 Å². The van der Waals surface area contributed by atoms with Gasteiger partial charge in [-0.2, -0.15) is 10.4 Å². The molecule has 4 rings (SSSR count). The van der Waals surface area contributed by atoms with Crippen LogP contribution in [0.3, 0.4) is 0 Å². The molecule has 0 bridgehead atoms. The normalized spacial score (nSPS) is 12.4.